The van der Waals surface area contributed by atoms with Crippen molar-refractivity contribution >= 4 is 49.9 Å². The molecule has 0 fully saturated rings. The van der Waals surface area contributed by atoms with Crippen molar-refractivity contribution < 1.29 is 0 Å². The van der Waals surface area contributed by atoms with E-state index in [1.807, 2.05) is 55.5 Å². The van der Waals surface area contributed by atoms with Crippen molar-refractivity contribution in [3.8, 4) is 0 Å². The second-order valence-electron chi connectivity index (χ2n) is 6.75. The number of benzene rings is 2. The number of nitrogen functional groups attached to an aromatic ring is 1. The van der Waals surface area contributed by atoms with Gasteiger partial charge in [0, 0.05) is 29.3 Å². The highest BCUT2D eigenvalue weighted by molar-refractivity contribution is 7.18. The molecule has 6 nitrogen and oxygen atoms in total. The SMILES string of the molecule is Cc1nc(Nc2cccc3cccnc23)nc(N)c1Cc1nc2ccccc2s1. The van der Waals surface area contributed by atoms with E-state index < -0.39 is 0 Å². The minimum atomic E-state index is 0.464. The molecule has 29 heavy (non-hydrogen) atoms. The van der Waals surface area contributed by atoms with E-state index in [0.29, 0.717) is 18.2 Å². The average molecular weight is 398 g/mol. The summed E-state index contributed by atoms with van der Waals surface area (Å²) >= 11 is 1.67. The standard InChI is InChI=1S/C22H18N6S/c1-13-15(12-19-26-16-8-2-3-10-18(16)29-19)21(23)28-22(25-13)27-17-9-4-6-14-7-5-11-24-20(14)17/h2-11H,12H2,1H3,(H3,23,25,27,28). The quantitative estimate of drug-likeness (QED) is 0.449. The third kappa shape index (κ3) is 3.36. The first kappa shape index (κ1) is 17.5. The van der Waals surface area contributed by atoms with Gasteiger partial charge in [-0.3, -0.25) is 4.98 Å². The first-order chi connectivity index (χ1) is 14.2. The van der Waals surface area contributed by atoms with Crippen LogP contribution in [0.1, 0.15) is 16.3 Å². The molecule has 7 heteroatoms. The lowest BCUT2D eigenvalue weighted by atomic mass is 10.1. The monoisotopic (exact) mass is 398 g/mol. The molecule has 0 unspecified atom stereocenters. The van der Waals surface area contributed by atoms with E-state index in [1.165, 1.54) is 4.70 Å². The number of para-hydroxylation sites is 2. The maximum absolute atomic E-state index is 6.30. The van der Waals surface area contributed by atoms with Gasteiger partial charge in [0.2, 0.25) is 5.95 Å². The van der Waals surface area contributed by atoms with Crippen LogP contribution in [0.2, 0.25) is 0 Å². The van der Waals surface area contributed by atoms with Crippen molar-refractivity contribution in [2.24, 2.45) is 0 Å². The Hall–Kier alpha value is -3.58. The molecule has 5 rings (SSSR count). The Bertz CT molecular complexity index is 1280. The van der Waals surface area contributed by atoms with Crippen molar-refractivity contribution in [3.63, 3.8) is 0 Å². The minimum absolute atomic E-state index is 0.464. The Kier molecular flexibility index (Phi) is 4.29. The van der Waals surface area contributed by atoms with Crippen LogP contribution in [0.15, 0.2) is 60.8 Å². The number of rotatable bonds is 4. The topological polar surface area (TPSA) is 89.6 Å². The number of pyridine rings is 1. The number of anilines is 3. The Morgan fingerprint density at radius 2 is 1.83 bits per heavy atom. The molecule has 3 N–H and O–H groups in total. The van der Waals surface area contributed by atoms with Gasteiger partial charge in [-0.25, -0.2) is 9.97 Å². The van der Waals surface area contributed by atoms with E-state index in [2.05, 4.69) is 26.3 Å². The summed E-state index contributed by atoms with van der Waals surface area (Å²) in [6, 6.07) is 18.0. The van der Waals surface area contributed by atoms with E-state index in [0.717, 1.165) is 38.4 Å². The first-order valence-corrected chi connectivity index (χ1v) is 10.1. The van der Waals surface area contributed by atoms with Crippen LogP contribution in [0, 0.1) is 6.92 Å². The maximum Gasteiger partial charge on any atom is 0.229 e. The molecule has 0 spiro atoms. The van der Waals surface area contributed by atoms with Gasteiger partial charge < -0.3 is 11.1 Å². The minimum Gasteiger partial charge on any atom is -0.383 e. The van der Waals surface area contributed by atoms with Gasteiger partial charge in [0.05, 0.1) is 26.4 Å². The van der Waals surface area contributed by atoms with Crippen molar-refractivity contribution in [2.75, 3.05) is 11.1 Å². The number of thiazole rings is 1. The van der Waals surface area contributed by atoms with Gasteiger partial charge in [0.15, 0.2) is 0 Å². The summed E-state index contributed by atoms with van der Waals surface area (Å²) in [7, 11) is 0. The van der Waals surface area contributed by atoms with E-state index in [4.69, 9.17) is 10.7 Å². The second kappa shape index (κ2) is 7.10. The highest BCUT2D eigenvalue weighted by Gasteiger charge is 2.14. The number of aromatic nitrogens is 4. The molecule has 0 saturated carbocycles. The summed E-state index contributed by atoms with van der Waals surface area (Å²) in [5, 5.41) is 5.32. The molecule has 0 aliphatic carbocycles. The predicted octanol–water partition coefficient (Wildman–Crippen LogP) is 4.86. The fourth-order valence-electron chi connectivity index (χ4n) is 3.36. The highest BCUT2D eigenvalue weighted by atomic mass is 32.1. The molecule has 0 atom stereocenters. The van der Waals surface area contributed by atoms with Crippen LogP contribution in [0.5, 0.6) is 0 Å². The lowest BCUT2D eigenvalue weighted by Gasteiger charge is -2.12. The molecule has 3 heterocycles. The zero-order valence-corrected chi connectivity index (χ0v) is 16.6. The van der Waals surface area contributed by atoms with Gasteiger partial charge in [-0.15, -0.1) is 11.3 Å². The second-order valence-corrected chi connectivity index (χ2v) is 7.87. The summed E-state index contributed by atoms with van der Waals surface area (Å²) in [5.41, 5.74) is 10.8. The zero-order valence-electron chi connectivity index (χ0n) is 15.8. The Balaban J connectivity index is 1.46. The third-order valence-corrected chi connectivity index (χ3v) is 5.83. The molecule has 0 bridgehead atoms. The summed E-state index contributed by atoms with van der Waals surface area (Å²) in [5.74, 6) is 0.929. The fraction of sp³-hybridized carbons (Fsp3) is 0.0909. The van der Waals surface area contributed by atoms with Gasteiger partial charge in [0.25, 0.3) is 0 Å². The molecular weight excluding hydrogens is 380 g/mol. The molecular formula is C22H18N6S. The number of hydrogen-bond acceptors (Lipinski definition) is 7. The van der Waals surface area contributed by atoms with Crippen LogP contribution < -0.4 is 11.1 Å². The van der Waals surface area contributed by atoms with Crippen molar-refractivity contribution in [1.82, 2.24) is 19.9 Å². The van der Waals surface area contributed by atoms with Crippen LogP contribution in [0.3, 0.4) is 0 Å². The molecule has 5 aromatic rings. The van der Waals surface area contributed by atoms with Gasteiger partial charge in [-0.05, 0) is 31.2 Å². The van der Waals surface area contributed by atoms with Crippen LogP contribution >= 0.6 is 11.3 Å². The molecule has 0 aliphatic rings. The predicted molar refractivity (Wildman–Crippen MR) is 119 cm³/mol. The van der Waals surface area contributed by atoms with E-state index in [1.54, 1.807) is 17.5 Å². The molecule has 0 aliphatic heterocycles. The summed E-state index contributed by atoms with van der Waals surface area (Å²) in [6.45, 7) is 1.95. The van der Waals surface area contributed by atoms with E-state index in [-0.39, 0.29) is 0 Å². The number of fused-ring (bicyclic) bond motifs is 2. The number of hydrogen-bond donors (Lipinski definition) is 2. The lowest BCUT2D eigenvalue weighted by molar-refractivity contribution is 1.02. The number of aryl methyl sites for hydroxylation is 1. The summed E-state index contributed by atoms with van der Waals surface area (Å²) < 4.78 is 1.17. The van der Waals surface area contributed by atoms with Gasteiger partial charge in [0.1, 0.15) is 5.82 Å². The molecule has 0 radical (unpaired) electrons. The molecule has 3 aromatic heterocycles. The zero-order chi connectivity index (χ0) is 19.8. The van der Waals surface area contributed by atoms with E-state index in [9.17, 15) is 0 Å². The number of nitrogens with two attached hydrogens (primary N) is 1. The van der Waals surface area contributed by atoms with Crippen molar-refractivity contribution in [1.29, 1.82) is 0 Å². The smallest absolute Gasteiger partial charge is 0.229 e. The van der Waals surface area contributed by atoms with Crippen LogP contribution in [0.25, 0.3) is 21.1 Å². The molecule has 0 amide bonds. The maximum atomic E-state index is 6.30. The largest absolute Gasteiger partial charge is 0.383 e. The normalized spacial score (nSPS) is 11.2. The highest BCUT2D eigenvalue weighted by Crippen LogP contribution is 2.28. The van der Waals surface area contributed by atoms with Gasteiger partial charge in [-0.2, -0.15) is 4.98 Å². The van der Waals surface area contributed by atoms with Crippen molar-refractivity contribution in [3.05, 3.63) is 77.1 Å². The number of nitrogens with one attached hydrogen (secondary N) is 1. The van der Waals surface area contributed by atoms with Crippen LogP contribution in [-0.4, -0.2) is 19.9 Å². The third-order valence-electron chi connectivity index (χ3n) is 4.79. The molecule has 2 aromatic carbocycles. The van der Waals surface area contributed by atoms with Crippen LogP contribution in [0.4, 0.5) is 17.5 Å². The Morgan fingerprint density at radius 1 is 0.966 bits per heavy atom. The first-order valence-electron chi connectivity index (χ1n) is 9.25. The average Bonchev–Trinajstić information content (AvgIpc) is 3.14. The number of nitrogens with zero attached hydrogens (tertiary/aromatic N) is 4. The summed E-state index contributed by atoms with van der Waals surface area (Å²) in [4.78, 5) is 18.3. The molecule has 142 valence electrons. The Morgan fingerprint density at radius 3 is 2.69 bits per heavy atom. The lowest BCUT2D eigenvalue weighted by Crippen LogP contribution is -2.08. The fourth-order valence-corrected chi connectivity index (χ4v) is 4.34. The van der Waals surface area contributed by atoms with Crippen molar-refractivity contribution in [2.45, 2.75) is 13.3 Å². The van der Waals surface area contributed by atoms with Gasteiger partial charge >= 0.3 is 0 Å². The Labute approximate surface area is 171 Å². The van der Waals surface area contributed by atoms with Crippen LogP contribution in [-0.2, 0) is 6.42 Å². The summed E-state index contributed by atoms with van der Waals surface area (Å²) in [6.07, 6.45) is 2.39. The van der Waals surface area contributed by atoms with E-state index >= 15 is 0 Å². The molecule has 0 saturated heterocycles. The van der Waals surface area contributed by atoms with Gasteiger partial charge in [-0.1, -0.05) is 30.3 Å².